The van der Waals surface area contributed by atoms with Gasteiger partial charge in [-0.15, -0.1) is 0 Å². The first kappa shape index (κ1) is 9.78. The minimum atomic E-state index is -3.40. The summed E-state index contributed by atoms with van der Waals surface area (Å²) in [4.78, 5) is 13.2. The predicted octanol–water partition coefficient (Wildman–Crippen LogP) is 0.107. The number of aromatic amines is 1. The molecule has 0 aliphatic heterocycles. The summed E-state index contributed by atoms with van der Waals surface area (Å²) in [6, 6.07) is 2.59. The van der Waals surface area contributed by atoms with Crippen LogP contribution in [0.25, 0.3) is 11.1 Å². The number of oxazole rings is 1. The first-order valence-electron chi connectivity index (χ1n) is 4.00. The number of anilines is 1. The smallest absolute Gasteiger partial charge is 0.408 e. The van der Waals surface area contributed by atoms with Crippen LogP contribution >= 0.6 is 0 Å². The lowest BCUT2D eigenvalue weighted by Crippen LogP contribution is -2.02. The van der Waals surface area contributed by atoms with Crippen molar-refractivity contribution in [1.29, 1.82) is 0 Å². The molecule has 1 aromatic carbocycles. The summed E-state index contributed by atoms with van der Waals surface area (Å²) in [5.41, 5.74) is 6.14. The van der Waals surface area contributed by atoms with Gasteiger partial charge in [-0.25, -0.2) is 13.2 Å². The lowest BCUT2D eigenvalue weighted by atomic mass is 10.3. The molecule has 0 amide bonds. The largest absolute Gasteiger partial charge is 0.417 e. The molecule has 0 spiro atoms. The van der Waals surface area contributed by atoms with E-state index in [0.717, 1.165) is 6.26 Å². The van der Waals surface area contributed by atoms with Gasteiger partial charge in [-0.05, 0) is 6.07 Å². The topological polar surface area (TPSA) is 106 Å². The summed E-state index contributed by atoms with van der Waals surface area (Å²) in [5.74, 6) is -0.643. The Hall–Kier alpha value is -1.76. The van der Waals surface area contributed by atoms with Gasteiger partial charge < -0.3 is 10.2 Å². The van der Waals surface area contributed by atoms with Gasteiger partial charge in [0.2, 0.25) is 0 Å². The quantitative estimate of drug-likeness (QED) is 0.673. The molecule has 2 rings (SSSR count). The van der Waals surface area contributed by atoms with E-state index in [0.29, 0.717) is 5.52 Å². The average Bonchev–Trinajstić information content (AvgIpc) is 2.40. The van der Waals surface area contributed by atoms with E-state index in [1.165, 1.54) is 12.1 Å². The third kappa shape index (κ3) is 1.61. The van der Waals surface area contributed by atoms with E-state index in [9.17, 15) is 13.2 Å². The molecule has 1 heterocycles. The highest BCUT2D eigenvalue weighted by Gasteiger charge is 2.14. The van der Waals surface area contributed by atoms with Crippen LogP contribution in [0.4, 0.5) is 5.69 Å². The molecule has 0 radical (unpaired) electrons. The van der Waals surface area contributed by atoms with Crippen LogP contribution < -0.4 is 11.5 Å². The zero-order chi connectivity index (χ0) is 11.2. The van der Waals surface area contributed by atoms with Crippen LogP contribution in [0.2, 0.25) is 0 Å². The number of nitrogen functional groups attached to an aromatic ring is 1. The summed E-state index contributed by atoms with van der Waals surface area (Å²) in [6.45, 7) is 0. The molecule has 15 heavy (non-hydrogen) atoms. The number of H-pyrrole nitrogens is 1. The van der Waals surface area contributed by atoms with Gasteiger partial charge in [-0.3, -0.25) is 4.98 Å². The van der Waals surface area contributed by atoms with E-state index >= 15 is 0 Å². The normalized spacial score (nSPS) is 12.1. The van der Waals surface area contributed by atoms with Crippen molar-refractivity contribution in [3.05, 3.63) is 22.7 Å². The van der Waals surface area contributed by atoms with E-state index in [4.69, 9.17) is 10.2 Å². The zero-order valence-corrected chi connectivity index (χ0v) is 8.59. The molecule has 0 bridgehead atoms. The second kappa shape index (κ2) is 2.86. The molecular weight excluding hydrogens is 220 g/mol. The number of hydrogen-bond donors (Lipinski definition) is 2. The number of hydrogen-bond acceptors (Lipinski definition) is 5. The first-order chi connectivity index (χ1) is 6.88. The van der Waals surface area contributed by atoms with E-state index in [1.807, 2.05) is 0 Å². The van der Waals surface area contributed by atoms with Crippen molar-refractivity contribution < 1.29 is 12.8 Å². The van der Waals surface area contributed by atoms with Crippen molar-refractivity contribution in [2.24, 2.45) is 0 Å². The van der Waals surface area contributed by atoms with Gasteiger partial charge in [-0.2, -0.15) is 0 Å². The molecule has 0 aliphatic rings. The molecule has 0 saturated carbocycles. The fourth-order valence-corrected chi connectivity index (χ4v) is 2.13. The number of benzene rings is 1. The second-order valence-corrected chi connectivity index (χ2v) is 5.16. The van der Waals surface area contributed by atoms with Crippen molar-refractivity contribution in [1.82, 2.24) is 4.98 Å². The summed E-state index contributed by atoms with van der Waals surface area (Å²) in [5, 5.41) is 0. The average molecular weight is 228 g/mol. The minimum Gasteiger partial charge on any atom is -0.408 e. The van der Waals surface area contributed by atoms with Crippen molar-refractivity contribution in [3.8, 4) is 0 Å². The molecule has 0 unspecified atom stereocenters. The van der Waals surface area contributed by atoms with E-state index in [1.54, 1.807) is 0 Å². The van der Waals surface area contributed by atoms with Crippen LogP contribution in [-0.2, 0) is 9.84 Å². The van der Waals surface area contributed by atoms with Crippen LogP contribution in [0, 0.1) is 0 Å². The van der Waals surface area contributed by atoms with E-state index in [2.05, 4.69) is 4.98 Å². The maximum Gasteiger partial charge on any atom is 0.417 e. The molecule has 3 N–H and O–H groups in total. The minimum absolute atomic E-state index is 0.0212. The summed E-state index contributed by atoms with van der Waals surface area (Å²) < 4.78 is 27.3. The Balaban J connectivity index is 2.89. The van der Waals surface area contributed by atoms with Crippen molar-refractivity contribution in [2.75, 3.05) is 12.0 Å². The SMILES string of the molecule is CS(=O)(=O)c1cc2[nH]c(=O)oc2cc1N. The van der Waals surface area contributed by atoms with E-state index < -0.39 is 15.6 Å². The highest BCUT2D eigenvalue weighted by Crippen LogP contribution is 2.23. The number of rotatable bonds is 1. The Labute approximate surface area is 84.6 Å². The molecule has 0 fully saturated rings. The second-order valence-electron chi connectivity index (χ2n) is 3.17. The van der Waals surface area contributed by atoms with Crippen molar-refractivity contribution in [2.45, 2.75) is 4.90 Å². The molecular formula is C8H8N2O4S. The number of nitrogens with two attached hydrogens (primary N) is 1. The highest BCUT2D eigenvalue weighted by molar-refractivity contribution is 7.90. The Bertz CT molecular complexity index is 680. The number of sulfone groups is 1. The van der Waals surface area contributed by atoms with Gasteiger partial charge in [0.05, 0.1) is 16.1 Å². The zero-order valence-electron chi connectivity index (χ0n) is 7.77. The lowest BCUT2D eigenvalue weighted by molar-refractivity contribution is 0.555. The molecule has 7 heteroatoms. The van der Waals surface area contributed by atoms with Gasteiger partial charge in [-0.1, -0.05) is 0 Å². The van der Waals surface area contributed by atoms with Gasteiger partial charge in [0, 0.05) is 12.3 Å². The Morgan fingerprint density at radius 1 is 1.40 bits per heavy atom. The summed E-state index contributed by atoms with van der Waals surface area (Å²) >= 11 is 0. The number of nitrogens with one attached hydrogen (secondary N) is 1. The van der Waals surface area contributed by atoms with Crippen molar-refractivity contribution in [3.63, 3.8) is 0 Å². The Morgan fingerprint density at radius 3 is 2.67 bits per heavy atom. The van der Waals surface area contributed by atoms with Crippen LogP contribution in [-0.4, -0.2) is 19.7 Å². The van der Waals surface area contributed by atoms with Gasteiger partial charge in [0.1, 0.15) is 0 Å². The molecule has 0 aliphatic carbocycles. The molecule has 80 valence electrons. The van der Waals surface area contributed by atoms with Crippen LogP contribution in [0.1, 0.15) is 0 Å². The Kier molecular flexibility index (Phi) is 1.87. The fourth-order valence-electron chi connectivity index (χ4n) is 1.31. The van der Waals surface area contributed by atoms with Crippen LogP contribution in [0.5, 0.6) is 0 Å². The predicted molar refractivity (Wildman–Crippen MR) is 54.4 cm³/mol. The standard InChI is InChI=1S/C8H8N2O4S/c1-15(12,13)7-3-5-6(2-4(7)9)14-8(11)10-5/h2-3H,9H2,1H3,(H,10,11). The van der Waals surface area contributed by atoms with Crippen molar-refractivity contribution >= 4 is 26.6 Å². The lowest BCUT2D eigenvalue weighted by Gasteiger charge is -2.01. The summed E-state index contributed by atoms with van der Waals surface area (Å²) in [7, 11) is -3.40. The maximum absolute atomic E-state index is 11.3. The van der Waals surface area contributed by atoms with Gasteiger partial charge in [0.25, 0.3) is 0 Å². The first-order valence-corrected chi connectivity index (χ1v) is 5.89. The summed E-state index contributed by atoms with van der Waals surface area (Å²) in [6.07, 6.45) is 1.04. The molecule has 1 aromatic heterocycles. The third-order valence-corrected chi connectivity index (χ3v) is 3.10. The molecule has 0 saturated heterocycles. The Morgan fingerprint density at radius 2 is 2.07 bits per heavy atom. The van der Waals surface area contributed by atoms with Gasteiger partial charge in [0.15, 0.2) is 15.4 Å². The van der Waals surface area contributed by atoms with Gasteiger partial charge >= 0.3 is 5.76 Å². The van der Waals surface area contributed by atoms with E-state index in [-0.39, 0.29) is 16.2 Å². The van der Waals surface area contributed by atoms with Crippen LogP contribution in [0.15, 0.2) is 26.2 Å². The fraction of sp³-hybridized carbons (Fsp3) is 0.125. The molecule has 6 nitrogen and oxygen atoms in total. The molecule has 2 aromatic rings. The number of fused-ring (bicyclic) bond motifs is 1. The maximum atomic E-state index is 11.3. The number of aromatic nitrogens is 1. The highest BCUT2D eigenvalue weighted by atomic mass is 32.2. The van der Waals surface area contributed by atoms with Crippen LogP contribution in [0.3, 0.4) is 0 Å². The third-order valence-electron chi connectivity index (χ3n) is 1.95. The molecule has 0 atom stereocenters. The monoisotopic (exact) mass is 228 g/mol.